The van der Waals surface area contributed by atoms with Crippen molar-refractivity contribution in [3.05, 3.63) is 65.0 Å². The lowest BCUT2D eigenvalue weighted by Gasteiger charge is -2.32. The molecule has 3 aromatic rings. The molecule has 1 fully saturated rings. The molecule has 1 unspecified atom stereocenters. The van der Waals surface area contributed by atoms with Crippen LogP contribution < -0.4 is 21.0 Å². The number of hydrogen-bond acceptors (Lipinski definition) is 11. The van der Waals surface area contributed by atoms with Crippen LogP contribution in [0.2, 0.25) is 0 Å². The molecule has 0 spiro atoms. The Morgan fingerprint density at radius 1 is 1.21 bits per heavy atom. The fourth-order valence-corrected chi connectivity index (χ4v) is 5.89. The highest BCUT2D eigenvalue weighted by Crippen LogP contribution is 2.50. The van der Waals surface area contributed by atoms with Crippen molar-refractivity contribution in [2.75, 3.05) is 12.3 Å². The molecule has 13 nitrogen and oxygen atoms in total. The molecule has 17 heteroatoms. The monoisotopic (exact) mass is 630 g/mol. The number of halogens is 3. The van der Waals surface area contributed by atoms with Crippen LogP contribution in [0.25, 0.3) is 10.8 Å². The van der Waals surface area contributed by atoms with Crippen LogP contribution in [0, 0.1) is 5.82 Å². The second-order valence-corrected chi connectivity index (χ2v) is 11.7. The minimum absolute atomic E-state index is 0.00904. The first-order valence-electron chi connectivity index (χ1n) is 12.9. The maximum absolute atomic E-state index is 14.6. The Kier molecular flexibility index (Phi) is 9.49. The van der Waals surface area contributed by atoms with E-state index in [0.29, 0.717) is 21.5 Å². The summed E-state index contributed by atoms with van der Waals surface area (Å²) in [7, 11) is -4.81. The first-order valence-corrected chi connectivity index (χ1v) is 14.5. The van der Waals surface area contributed by atoms with Crippen LogP contribution in [-0.4, -0.2) is 68.7 Å². The molecule has 0 bridgehead atoms. The van der Waals surface area contributed by atoms with Crippen molar-refractivity contribution in [2.45, 2.75) is 63.4 Å². The summed E-state index contributed by atoms with van der Waals surface area (Å²) in [6, 6.07) is 10.2. The van der Waals surface area contributed by atoms with E-state index in [1.807, 2.05) is 0 Å². The van der Waals surface area contributed by atoms with E-state index in [0.717, 1.165) is 0 Å². The van der Waals surface area contributed by atoms with Crippen LogP contribution in [0.3, 0.4) is 0 Å². The summed E-state index contributed by atoms with van der Waals surface area (Å²) in [6.07, 6.45) is -10.5. The largest absolute Gasteiger partial charge is 0.462 e. The number of carbonyl (C=O) groups is 1. The predicted molar refractivity (Wildman–Crippen MR) is 146 cm³/mol. The van der Waals surface area contributed by atoms with Crippen LogP contribution in [0.5, 0.6) is 5.75 Å². The number of nitrogens with zero attached hydrogens (tertiary/aromatic N) is 2. The van der Waals surface area contributed by atoms with Crippen molar-refractivity contribution < 1.29 is 51.3 Å². The number of aliphatic hydroxyl groups is 2. The number of aromatic nitrogens is 2. The number of rotatable bonds is 11. The van der Waals surface area contributed by atoms with Gasteiger partial charge in [-0.25, -0.2) is 22.5 Å². The molecule has 0 aliphatic carbocycles. The molecule has 43 heavy (non-hydrogen) atoms. The number of anilines is 1. The molecular formula is C26H30F3N4O9P. The van der Waals surface area contributed by atoms with Crippen molar-refractivity contribution in [1.29, 1.82) is 0 Å². The van der Waals surface area contributed by atoms with E-state index in [9.17, 15) is 37.5 Å². The van der Waals surface area contributed by atoms with Gasteiger partial charge in [0.1, 0.15) is 24.0 Å². The third-order valence-electron chi connectivity index (χ3n) is 6.52. The number of ether oxygens (including phenoxy) is 2. The molecule has 2 heterocycles. The van der Waals surface area contributed by atoms with Gasteiger partial charge in [0.2, 0.25) is 0 Å². The molecule has 0 amide bonds. The summed E-state index contributed by atoms with van der Waals surface area (Å²) in [6.45, 7) is 3.02. The third-order valence-corrected chi connectivity index (χ3v) is 8.13. The van der Waals surface area contributed by atoms with Crippen molar-refractivity contribution in [1.82, 2.24) is 14.6 Å². The van der Waals surface area contributed by atoms with E-state index in [1.54, 1.807) is 50.2 Å². The summed E-state index contributed by atoms with van der Waals surface area (Å²) in [5.41, 5.74) is 0.860. The highest BCUT2D eigenvalue weighted by atomic mass is 31.2. The van der Waals surface area contributed by atoms with Gasteiger partial charge in [0.15, 0.2) is 23.5 Å². The summed E-state index contributed by atoms with van der Waals surface area (Å²) < 4.78 is 79.1. The fraction of sp³-hybridized carbons (Fsp3) is 0.423. The summed E-state index contributed by atoms with van der Waals surface area (Å²) in [4.78, 5) is 28.0. The summed E-state index contributed by atoms with van der Waals surface area (Å²) >= 11 is 0. The number of fused-ring (bicyclic) bond motifs is 1. The number of aliphatic hydroxyl groups excluding tert-OH is 2. The SMILES string of the molecule is CC(C)OC(=O)[C@H](C)NP(=O)(OC[C@@]1(C(F)F)O[C@@H](n2cc(F)c(N)nc2=O)[C@H](O)[C@@H]1O)Oc1cccc2ccccc12. The number of hydrogen-bond donors (Lipinski definition) is 4. The average Bonchev–Trinajstić information content (AvgIpc) is 3.20. The van der Waals surface area contributed by atoms with Gasteiger partial charge in [0.05, 0.1) is 18.9 Å². The van der Waals surface area contributed by atoms with Crippen molar-refractivity contribution >= 4 is 30.3 Å². The number of nitrogens with one attached hydrogen (secondary N) is 1. The van der Waals surface area contributed by atoms with Crippen LogP contribution in [0.1, 0.15) is 27.0 Å². The predicted octanol–water partition coefficient (Wildman–Crippen LogP) is 2.51. The smallest absolute Gasteiger partial charge is 0.459 e. The second-order valence-electron chi connectivity index (χ2n) is 10.0. The number of benzene rings is 2. The maximum atomic E-state index is 14.6. The Balaban J connectivity index is 1.69. The topological polar surface area (TPSA) is 184 Å². The van der Waals surface area contributed by atoms with Gasteiger partial charge in [-0.05, 0) is 32.2 Å². The molecule has 6 atom stereocenters. The molecular weight excluding hydrogens is 600 g/mol. The molecule has 4 rings (SSSR count). The fourth-order valence-electron chi connectivity index (χ4n) is 4.34. The third kappa shape index (κ3) is 6.69. The van der Waals surface area contributed by atoms with Gasteiger partial charge in [-0.15, -0.1) is 0 Å². The lowest BCUT2D eigenvalue weighted by molar-refractivity contribution is -0.193. The van der Waals surface area contributed by atoms with Crippen molar-refractivity contribution in [3.8, 4) is 5.75 Å². The number of nitrogens with two attached hydrogens (primary N) is 1. The van der Waals surface area contributed by atoms with Gasteiger partial charge in [-0.3, -0.25) is 13.9 Å². The number of esters is 1. The highest BCUT2D eigenvalue weighted by Gasteiger charge is 2.61. The Labute approximate surface area is 242 Å². The molecule has 2 aromatic carbocycles. The second kappa shape index (κ2) is 12.6. The first-order chi connectivity index (χ1) is 20.2. The van der Waals surface area contributed by atoms with Gasteiger partial charge in [0, 0.05) is 5.39 Å². The Morgan fingerprint density at radius 2 is 1.88 bits per heavy atom. The maximum Gasteiger partial charge on any atom is 0.459 e. The summed E-state index contributed by atoms with van der Waals surface area (Å²) in [5, 5.41) is 24.8. The van der Waals surface area contributed by atoms with Gasteiger partial charge in [0.25, 0.3) is 6.43 Å². The molecule has 1 aliphatic heterocycles. The average molecular weight is 631 g/mol. The van der Waals surface area contributed by atoms with E-state index in [2.05, 4.69) is 10.1 Å². The first kappa shape index (κ1) is 32.4. The lowest BCUT2D eigenvalue weighted by Crippen LogP contribution is -2.53. The number of carbonyl (C=O) groups excluding carboxylic acids is 1. The molecule has 0 radical (unpaired) electrons. The standard InChI is InChI=1S/C26H30F3N4O9P/c1-13(2)40-23(36)14(3)32-43(38,42-18-10-6-8-15-7-4-5-9-16(15)18)39-12-26(24(28)29)20(35)19(34)22(41-26)33-11-17(27)21(30)31-25(33)37/h4-11,13-14,19-20,22,24,34-35H,12H2,1-3H3,(H,32,38)(H2,30,31,37)/t14-,19+,20-,22+,26+,43?/m0/s1. The molecule has 234 valence electrons. The van der Waals surface area contributed by atoms with Gasteiger partial charge >= 0.3 is 19.4 Å². The molecule has 0 saturated carbocycles. The minimum Gasteiger partial charge on any atom is -0.462 e. The molecule has 1 saturated heterocycles. The Bertz CT molecular complexity index is 1590. The highest BCUT2D eigenvalue weighted by molar-refractivity contribution is 7.52. The van der Waals surface area contributed by atoms with E-state index < -0.39 is 80.3 Å². The zero-order chi connectivity index (χ0) is 31.7. The Morgan fingerprint density at radius 3 is 2.56 bits per heavy atom. The quantitative estimate of drug-likeness (QED) is 0.180. The van der Waals surface area contributed by atoms with Crippen LogP contribution in [0.15, 0.2) is 53.5 Å². The van der Waals surface area contributed by atoms with E-state index >= 15 is 0 Å². The number of nitrogen functional groups attached to an aromatic ring is 1. The summed E-state index contributed by atoms with van der Waals surface area (Å²) in [5.74, 6) is -2.89. The molecule has 1 aliphatic rings. The van der Waals surface area contributed by atoms with E-state index in [-0.39, 0.29) is 5.75 Å². The van der Waals surface area contributed by atoms with Crippen LogP contribution >= 0.6 is 7.75 Å². The number of alkyl halides is 2. The lowest BCUT2D eigenvalue weighted by atomic mass is 9.96. The molecule has 5 N–H and O–H groups in total. The zero-order valence-corrected chi connectivity index (χ0v) is 24.0. The van der Waals surface area contributed by atoms with E-state index in [1.165, 1.54) is 13.0 Å². The normalized spacial score (nSPS) is 24.3. The van der Waals surface area contributed by atoms with Crippen LogP contribution in [0.4, 0.5) is 19.0 Å². The Hall–Kier alpha value is -3.53. The minimum atomic E-state index is -4.81. The van der Waals surface area contributed by atoms with Gasteiger partial charge in [-0.2, -0.15) is 10.1 Å². The van der Waals surface area contributed by atoms with E-state index in [4.69, 9.17) is 24.3 Å². The van der Waals surface area contributed by atoms with Crippen molar-refractivity contribution in [3.63, 3.8) is 0 Å². The molecule has 1 aromatic heterocycles. The van der Waals surface area contributed by atoms with Crippen molar-refractivity contribution in [2.24, 2.45) is 0 Å². The zero-order valence-electron chi connectivity index (χ0n) is 23.1. The van der Waals surface area contributed by atoms with Gasteiger partial charge in [-0.1, -0.05) is 36.4 Å². The van der Waals surface area contributed by atoms with Gasteiger partial charge < -0.3 is 29.9 Å². The van der Waals surface area contributed by atoms with Crippen LogP contribution in [-0.2, 0) is 23.4 Å².